The zero-order valence-corrected chi connectivity index (χ0v) is 21.1. The van der Waals surface area contributed by atoms with Crippen LogP contribution in [0.25, 0.3) is 0 Å². The maximum absolute atomic E-state index is 12.8. The van der Waals surface area contributed by atoms with Crippen LogP contribution in [0.15, 0.2) is 36.5 Å². The summed E-state index contributed by atoms with van der Waals surface area (Å²) in [6, 6.07) is 7.96. The Hall–Kier alpha value is -3.33. The van der Waals surface area contributed by atoms with Crippen molar-refractivity contribution in [2.45, 2.75) is 51.7 Å². The smallest absolute Gasteiger partial charge is 0.410 e. The van der Waals surface area contributed by atoms with E-state index in [0.717, 1.165) is 12.8 Å². The Labute approximate surface area is 210 Å². The van der Waals surface area contributed by atoms with Gasteiger partial charge < -0.3 is 25.0 Å². The van der Waals surface area contributed by atoms with Crippen molar-refractivity contribution in [2.24, 2.45) is 0 Å². The zero-order valence-electron chi connectivity index (χ0n) is 20.4. The Morgan fingerprint density at radius 1 is 1.20 bits per heavy atom. The Morgan fingerprint density at radius 3 is 2.69 bits per heavy atom. The van der Waals surface area contributed by atoms with Crippen molar-refractivity contribution in [3.63, 3.8) is 0 Å². The maximum atomic E-state index is 12.8. The lowest BCUT2D eigenvalue weighted by molar-refractivity contribution is -0.115. The second kappa shape index (κ2) is 11.4. The van der Waals surface area contributed by atoms with E-state index in [-0.39, 0.29) is 30.0 Å². The number of nitrogens with zero attached hydrogens (tertiary/aromatic N) is 2. The number of rotatable bonds is 6. The summed E-state index contributed by atoms with van der Waals surface area (Å²) in [5, 5.41) is 6.21. The molecule has 10 heteroatoms. The molecule has 1 aliphatic heterocycles. The van der Waals surface area contributed by atoms with Crippen molar-refractivity contribution in [3.05, 3.63) is 52.8 Å². The van der Waals surface area contributed by atoms with Crippen LogP contribution < -0.4 is 15.4 Å². The molecule has 1 saturated heterocycles. The van der Waals surface area contributed by atoms with E-state index in [1.807, 2.05) is 20.8 Å². The summed E-state index contributed by atoms with van der Waals surface area (Å²) in [4.78, 5) is 43.5. The fraction of sp³-hybridized carbons (Fsp3) is 0.440. The molecule has 1 fully saturated rings. The van der Waals surface area contributed by atoms with Gasteiger partial charge >= 0.3 is 6.09 Å². The van der Waals surface area contributed by atoms with Crippen molar-refractivity contribution in [2.75, 3.05) is 25.5 Å². The number of benzene rings is 1. The van der Waals surface area contributed by atoms with Crippen molar-refractivity contribution < 1.29 is 23.9 Å². The molecule has 0 aliphatic carbocycles. The minimum atomic E-state index is -0.583. The van der Waals surface area contributed by atoms with E-state index in [2.05, 4.69) is 15.6 Å². The monoisotopic (exact) mass is 502 g/mol. The molecule has 9 nitrogen and oxygen atoms in total. The van der Waals surface area contributed by atoms with Gasteiger partial charge in [-0.2, -0.15) is 0 Å². The molecule has 1 aromatic carbocycles. The molecule has 35 heavy (non-hydrogen) atoms. The molecule has 2 N–H and O–H groups in total. The lowest BCUT2D eigenvalue weighted by Gasteiger charge is -2.34. The molecule has 2 heterocycles. The van der Waals surface area contributed by atoms with E-state index < -0.39 is 11.7 Å². The standard InChI is InChI=1S/C25H31ClN4O5/c1-25(2,3)35-24(33)30-11-5-6-19(15-30)29-23(32)20-14-18(9-10-27-20)28-22(31)13-16-12-17(26)7-8-21(16)34-4/h7-10,12,14,19H,5-6,11,13,15H2,1-4H3,(H,29,32)(H,27,28,31). The number of ether oxygens (including phenoxy) is 2. The predicted octanol–water partition coefficient (Wildman–Crippen LogP) is 4.05. The summed E-state index contributed by atoms with van der Waals surface area (Å²) in [6.07, 6.45) is 2.61. The summed E-state index contributed by atoms with van der Waals surface area (Å²) < 4.78 is 10.7. The van der Waals surface area contributed by atoms with Gasteiger partial charge in [-0.25, -0.2) is 4.79 Å². The predicted molar refractivity (Wildman–Crippen MR) is 133 cm³/mol. The molecule has 0 bridgehead atoms. The Balaban J connectivity index is 1.59. The van der Waals surface area contributed by atoms with Crippen LogP contribution in [0.3, 0.4) is 0 Å². The Morgan fingerprint density at radius 2 is 1.97 bits per heavy atom. The molecule has 0 saturated carbocycles. The van der Waals surface area contributed by atoms with Gasteiger partial charge in [0.1, 0.15) is 17.0 Å². The average molecular weight is 503 g/mol. The number of carbonyl (C=O) groups excluding carboxylic acids is 3. The highest BCUT2D eigenvalue weighted by atomic mass is 35.5. The van der Waals surface area contributed by atoms with E-state index in [4.69, 9.17) is 21.1 Å². The van der Waals surface area contributed by atoms with E-state index in [1.54, 1.807) is 29.2 Å². The number of methoxy groups -OCH3 is 1. The highest BCUT2D eigenvalue weighted by Gasteiger charge is 2.28. The summed E-state index contributed by atoms with van der Waals surface area (Å²) in [5.41, 5.74) is 0.670. The van der Waals surface area contributed by atoms with E-state index in [1.165, 1.54) is 19.4 Å². The van der Waals surface area contributed by atoms with Crippen LogP contribution in [-0.4, -0.2) is 59.6 Å². The zero-order chi connectivity index (χ0) is 25.6. The molecule has 3 amide bonds. The van der Waals surface area contributed by atoms with Crippen molar-refractivity contribution in [1.82, 2.24) is 15.2 Å². The topological polar surface area (TPSA) is 110 Å². The molecular formula is C25H31ClN4O5. The fourth-order valence-corrected chi connectivity index (χ4v) is 3.94. The first-order valence-electron chi connectivity index (χ1n) is 11.4. The molecule has 1 aromatic heterocycles. The van der Waals surface area contributed by atoms with Gasteiger partial charge in [-0.15, -0.1) is 0 Å². The number of anilines is 1. The molecule has 0 spiro atoms. The number of carbonyl (C=O) groups is 3. The quantitative estimate of drug-likeness (QED) is 0.616. The van der Waals surface area contributed by atoms with Crippen LogP contribution in [0.1, 0.15) is 49.7 Å². The van der Waals surface area contributed by atoms with Crippen molar-refractivity contribution >= 4 is 35.2 Å². The lowest BCUT2D eigenvalue weighted by atomic mass is 10.1. The fourth-order valence-electron chi connectivity index (χ4n) is 3.74. The summed E-state index contributed by atoms with van der Waals surface area (Å²) in [5.74, 6) is -0.107. The number of hydrogen-bond acceptors (Lipinski definition) is 6. The SMILES string of the molecule is COc1ccc(Cl)cc1CC(=O)Nc1ccnc(C(=O)NC2CCCN(C(=O)OC(C)(C)C)C2)c1. The number of halogens is 1. The number of amides is 3. The van der Waals surface area contributed by atoms with Gasteiger partial charge in [-0.1, -0.05) is 11.6 Å². The summed E-state index contributed by atoms with van der Waals surface area (Å²) >= 11 is 6.04. The van der Waals surface area contributed by atoms with Gasteiger partial charge in [0.2, 0.25) is 5.91 Å². The normalized spacial score (nSPS) is 15.8. The highest BCUT2D eigenvalue weighted by molar-refractivity contribution is 6.30. The third-order valence-corrected chi connectivity index (χ3v) is 5.51. The first kappa shape index (κ1) is 26.3. The second-order valence-electron chi connectivity index (χ2n) is 9.35. The van der Waals surface area contributed by atoms with Crippen LogP contribution in [0, 0.1) is 0 Å². The number of piperidine rings is 1. The minimum Gasteiger partial charge on any atom is -0.496 e. The second-order valence-corrected chi connectivity index (χ2v) is 9.79. The third kappa shape index (κ3) is 7.85. The Bertz CT molecular complexity index is 1090. The van der Waals surface area contributed by atoms with Crippen LogP contribution in [0.2, 0.25) is 5.02 Å². The molecule has 1 aliphatic rings. The molecule has 188 valence electrons. The molecule has 0 radical (unpaired) electrons. The van der Waals surface area contributed by atoms with Crippen LogP contribution in [-0.2, 0) is 16.0 Å². The van der Waals surface area contributed by atoms with Gasteiger partial charge in [0.25, 0.3) is 5.91 Å². The number of aromatic nitrogens is 1. The largest absolute Gasteiger partial charge is 0.496 e. The van der Waals surface area contributed by atoms with Gasteiger partial charge in [-0.05, 0) is 63.9 Å². The van der Waals surface area contributed by atoms with Gasteiger partial charge in [0.05, 0.1) is 13.5 Å². The number of pyridine rings is 1. The minimum absolute atomic E-state index is 0.0517. The summed E-state index contributed by atoms with van der Waals surface area (Å²) in [6.45, 7) is 6.39. The number of likely N-dealkylation sites (tertiary alicyclic amines) is 1. The molecule has 1 unspecified atom stereocenters. The van der Waals surface area contributed by atoms with E-state index >= 15 is 0 Å². The number of hydrogen-bond donors (Lipinski definition) is 2. The lowest BCUT2D eigenvalue weighted by Crippen LogP contribution is -2.50. The first-order valence-corrected chi connectivity index (χ1v) is 11.8. The van der Waals surface area contributed by atoms with Crippen molar-refractivity contribution in [1.29, 1.82) is 0 Å². The average Bonchev–Trinajstić information content (AvgIpc) is 2.78. The van der Waals surface area contributed by atoms with Crippen molar-refractivity contribution in [3.8, 4) is 5.75 Å². The van der Waals surface area contributed by atoms with Crippen LogP contribution in [0.5, 0.6) is 5.75 Å². The molecular weight excluding hydrogens is 472 g/mol. The van der Waals surface area contributed by atoms with Gasteiger partial charge in [-0.3, -0.25) is 14.6 Å². The molecule has 2 aromatic rings. The summed E-state index contributed by atoms with van der Waals surface area (Å²) in [7, 11) is 1.53. The molecule has 1 atom stereocenters. The number of nitrogens with one attached hydrogen (secondary N) is 2. The van der Waals surface area contributed by atoms with Gasteiger partial charge in [0.15, 0.2) is 0 Å². The highest BCUT2D eigenvalue weighted by Crippen LogP contribution is 2.23. The third-order valence-electron chi connectivity index (χ3n) is 5.28. The van der Waals surface area contributed by atoms with E-state index in [9.17, 15) is 14.4 Å². The van der Waals surface area contributed by atoms with E-state index in [0.29, 0.717) is 35.1 Å². The maximum Gasteiger partial charge on any atom is 0.410 e. The van der Waals surface area contributed by atoms with Crippen LogP contribution in [0.4, 0.5) is 10.5 Å². The van der Waals surface area contributed by atoms with Gasteiger partial charge in [0, 0.05) is 41.6 Å². The first-order chi connectivity index (χ1) is 16.5. The Kier molecular flexibility index (Phi) is 8.56. The van der Waals surface area contributed by atoms with Crippen LogP contribution >= 0.6 is 11.6 Å². The molecule has 3 rings (SSSR count).